The summed E-state index contributed by atoms with van der Waals surface area (Å²) in [4.78, 5) is 25.7. The summed E-state index contributed by atoms with van der Waals surface area (Å²) in [6.45, 7) is 6.53. The Morgan fingerprint density at radius 3 is 2.28 bits per heavy atom. The van der Waals surface area contributed by atoms with Crippen LogP contribution in [0.5, 0.6) is 0 Å². The quantitative estimate of drug-likeness (QED) is 0.775. The maximum Gasteiger partial charge on any atom is 0.307 e. The molecule has 4 nitrogen and oxygen atoms in total. The Kier molecular flexibility index (Phi) is 3.46. The molecule has 0 aromatic carbocycles. The summed E-state index contributed by atoms with van der Waals surface area (Å²) < 4.78 is 0. The van der Waals surface area contributed by atoms with Gasteiger partial charge in [-0.3, -0.25) is 9.59 Å². The first kappa shape index (κ1) is 13.1. The first-order chi connectivity index (χ1) is 8.47. The smallest absolute Gasteiger partial charge is 0.307 e. The maximum absolute atomic E-state index is 12.6. The first-order valence-electron chi connectivity index (χ1n) is 6.69. The van der Waals surface area contributed by atoms with E-state index >= 15 is 0 Å². The molecule has 2 bridgehead atoms. The number of carbonyl (C=O) groups excluding carboxylic acids is 1. The minimum Gasteiger partial charge on any atom is -0.481 e. The van der Waals surface area contributed by atoms with Crippen LogP contribution in [0.3, 0.4) is 0 Å². The van der Waals surface area contributed by atoms with Crippen LogP contribution in [0.15, 0.2) is 12.2 Å². The number of rotatable bonds is 4. The topological polar surface area (TPSA) is 57.6 Å². The molecule has 2 aliphatic rings. The molecule has 0 radical (unpaired) electrons. The van der Waals surface area contributed by atoms with Crippen LogP contribution >= 0.6 is 0 Å². The van der Waals surface area contributed by atoms with Gasteiger partial charge < -0.3 is 10.0 Å². The molecule has 4 atom stereocenters. The third-order valence-corrected chi connectivity index (χ3v) is 4.28. The fraction of sp³-hybridized carbons (Fsp3) is 0.714. The van der Waals surface area contributed by atoms with Crippen molar-refractivity contribution in [1.29, 1.82) is 0 Å². The van der Waals surface area contributed by atoms with Crippen LogP contribution < -0.4 is 0 Å². The largest absolute Gasteiger partial charge is 0.481 e. The van der Waals surface area contributed by atoms with Gasteiger partial charge in [0.15, 0.2) is 0 Å². The summed E-state index contributed by atoms with van der Waals surface area (Å²) in [5.41, 5.74) is 0. The molecule has 0 aliphatic heterocycles. The molecule has 1 amide bonds. The van der Waals surface area contributed by atoms with Gasteiger partial charge in [-0.05, 0) is 39.0 Å². The van der Waals surface area contributed by atoms with E-state index in [-0.39, 0.29) is 29.7 Å². The average molecular weight is 251 g/mol. The molecule has 0 aromatic rings. The second-order valence-corrected chi connectivity index (χ2v) is 5.56. The van der Waals surface area contributed by atoms with Crippen LogP contribution in [0.25, 0.3) is 0 Å². The lowest BCUT2D eigenvalue weighted by Crippen LogP contribution is -2.45. The minimum absolute atomic E-state index is 0.0109. The zero-order chi connectivity index (χ0) is 13.4. The second kappa shape index (κ2) is 4.75. The number of amides is 1. The summed E-state index contributed by atoms with van der Waals surface area (Å²) in [6, 6.07) is 0.125. The number of allylic oxidation sites excluding steroid dienone is 2. The molecule has 1 saturated carbocycles. The number of carboxylic acid groups (broad SMARTS) is 1. The van der Waals surface area contributed by atoms with E-state index in [2.05, 4.69) is 0 Å². The average Bonchev–Trinajstić information content (AvgIpc) is 2.88. The van der Waals surface area contributed by atoms with Crippen molar-refractivity contribution in [3.8, 4) is 0 Å². The molecule has 2 rings (SSSR count). The van der Waals surface area contributed by atoms with Crippen molar-refractivity contribution in [1.82, 2.24) is 4.90 Å². The fourth-order valence-electron chi connectivity index (χ4n) is 3.46. The highest BCUT2D eigenvalue weighted by molar-refractivity contribution is 5.87. The molecule has 1 fully saturated rings. The zero-order valence-corrected chi connectivity index (χ0v) is 11.2. The molecule has 100 valence electrons. The summed E-state index contributed by atoms with van der Waals surface area (Å²) in [5.74, 6) is -1.54. The van der Waals surface area contributed by atoms with E-state index in [1.54, 1.807) is 4.90 Å². The van der Waals surface area contributed by atoms with Crippen molar-refractivity contribution >= 4 is 11.9 Å². The van der Waals surface area contributed by atoms with Gasteiger partial charge >= 0.3 is 5.97 Å². The number of carbonyl (C=O) groups is 2. The van der Waals surface area contributed by atoms with Crippen LogP contribution in [0.1, 0.15) is 27.2 Å². The van der Waals surface area contributed by atoms with Crippen LogP contribution in [0, 0.1) is 23.7 Å². The van der Waals surface area contributed by atoms with Crippen LogP contribution in [-0.2, 0) is 9.59 Å². The number of hydrogen-bond donors (Lipinski definition) is 1. The highest BCUT2D eigenvalue weighted by Gasteiger charge is 2.52. The third kappa shape index (κ3) is 1.93. The SMILES string of the molecule is CCN(C(=O)C1C2C=CC(C2)C1C(=O)O)C(C)C. The number of fused-ring (bicyclic) bond motifs is 2. The van der Waals surface area contributed by atoms with Crippen molar-refractivity contribution < 1.29 is 14.7 Å². The monoisotopic (exact) mass is 251 g/mol. The number of aliphatic carboxylic acids is 1. The van der Waals surface area contributed by atoms with Crippen molar-refractivity contribution in [2.75, 3.05) is 6.54 Å². The molecule has 0 heterocycles. The standard InChI is InChI=1S/C14H21NO3/c1-4-15(8(2)3)13(16)11-9-5-6-10(7-9)12(11)14(17)18/h5-6,8-12H,4,7H2,1-3H3,(H,17,18). The number of hydrogen-bond acceptors (Lipinski definition) is 2. The molecule has 1 N–H and O–H groups in total. The van der Waals surface area contributed by atoms with Crippen molar-refractivity contribution in [2.45, 2.75) is 33.2 Å². The van der Waals surface area contributed by atoms with Crippen LogP contribution in [0.2, 0.25) is 0 Å². The molecule has 0 aromatic heterocycles. The number of nitrogens with zero attached hydrogens (tertiary/aromatic N) is 1. The van der Waals surface area contributed by atoms with Gasteiger partial charge in [0.1, 0.15) is 0 Å². The summed E-state index contributed by atoms with van der Waals surface area (Å²) >= 11 is 0. The first-order valence-corrected chi connectivity index (χ1v) is 6.69. The van der Waals surface area contributed by atoms with E-state index in [0.29, 0.717) is 6.54 Å². The number of carboxylic acids is 1. The van der Waals surface area contributed by atoms with Gasteiger partial charge in [-0.2, -0.15) is 0 Å². The Balaban J connectivity index is 2.24. The van der Waals surface area contributed by atoms with Crippen molar-refractivity contribution in [3.05, 3.63) is 12.2 Å². The molecule has 18 heavy (non-hydrogen) atoms. The normalized spacial score (nSPS) is 33.1. The molecular weight excluding hydrogens is 230 g/mol. The van der Waals surface area contributed by atoms with Crippen LogP contribution in [-0.4, -0.2) is 34.5 Å². The van der Waals surface area contributed by atoms with Crippen LogP contribution in [0.4, 0.5) is 0 Å². The van der Waals surface area contributed by atoms with Gasteiger partial charge in [0, 0.05) is 12.6 Å². The van der Waals surface area contributed by atoms with Gasteiger partial charge in [0.25, 0.3) is 0 Å². The second-order valence-electron chi connectivity index (χ2n) is 5.56. The Bertz CT molecular complexity index is 389. The molecular formula is C14H21NO3. The van der Waals surface area contributed by atoms with Gasteiger partial charge in [-0.25, -0.2) is 0 Å². The highest BCUT2D eigenvalue weighted by atomic mass is 16.4. The lowest BCUT2D eigenvalue weighted by Gasteiger charge is -2.32. The maximum atomic E-state index is 12.6. The molecule has 4 unspecified atom stereocenters. The summed E-state index contributed by atoms with van der Waals surface area (Å²) in [6.07, 6.45) is 4.82. The van der Waals surface area contributed by atoms with Crippen molar-refractivity contribution in [3.63, 3.8) is 0 Å². The lowest BCUT2D eigenvalue weighted by molar-refractivity contribution is -0.151. The van der Waals surface area contributed by atoms with Gasteiger partial charge in [0.2, 0.25) is 5.91 Å². The molecule has 2 aliphatic carbocycles. The van der Waals surface area contributed by atoms with E-state index in [1.807, 2.05) is 32.9 Å². The van der Waals surface area contributed by atoms with E-state index in [9.17, 15) is 14.7 Å². The fourth-order valence-corrected chi connectivity index (χ4v) is 3.46. The predicted octanol–water partition coefficient (Wildman–Crippen LogP) is 1.77. The lowest BCUT2D eigenvalue weighted by atomic mass is 9.82. The van der Waals surface area contributed by atoms with Gasteiger partial charge in [-0.15, -0.1) is 0 Å². The van der Waals surface area contributed by atoms with E-state index in [4.69, 9.17) is 0 Å². The predicted molar refractivity (Wildman–Crippen MR) is 67.9 cm³/mol. The van der Waals surface area contributed by atoms with Gasteiger partial charge in [0.05, 0.1) is 11.8 Å². The Morgan fingerprint density at radius 2 is 1.83 bits per heavy atom. The molecule has 0 saturated heterocycles. The Morgan fingerprint density at radius 1 is 1.28 bits per heavy atom. The van der Waals surface area contributed by atoms with Gasteiger partial charge in [-0.1, -0.05) is 12.2 Å². The van der Waals surface area contributed by atoms with E-state index in [0.717, 1.165) is 6.42 Å². The van der Waals surface area contributed by atoms with E-state index < -0.39 is 11.9 Å². The van der Waals surface area contributed by atoms with E-state index in [1.165, 1.54) is 0 Å². The minimum atomic E-state index is -0.829. The summed E-state index contributed by atoms with van der Waals surface area (Å²) in [7, 11) is 0. The molecule has 0 spiro atoms. The zero-order valence-electron chi connectivity index (χ0n) is 11.2. The highest BCUT2D eigenvalue weighted by Crippen LogP contribution is 2.48. The summed E-state index contributed by atoms with van der Waals surface area (Å²) in [5, 5.41) is 9.34. The third-order valence-electron chi connectivity index (χ3n) is 4.28. The molecule has 4 heteroatoms. The Labute approximate surface area is 108 Å². The Hall–Kier alpha value is -1.32. The van der Waals surface area contributed by atoms with Crippen molar-refractivity contribution in [2.24, 2.45) is 23.7 Å².